The van der Waals surface area contributed by atoms with E-state index >= 15 is 0 Å². The van der Waals surface area contributed by atoms with E-state index in [0.717, 1.165) is 19.3 Å². The second-order valence-corrected chi connectivity index (χ2v) is 12.6. The maximum atomic E-state index is 13.4. The van der Waals surface area contributed by atoms with Crippen LogP contribution in [0.1, 0.15) is 59.3 Å². The van der Waals surface area contributed by atoms with Gasteiger partial charge < -0.3 is 10.6 Å². The first-order valence-electron chi connectivity index (χ1n) is 11.6. The molecule has 31 heavy (non-hydrogen) atoms. The molecule has 4 aliphatic carbocycles. The molecule has 1 unspecified atom stereocenters. The molecule has 4 saturated carbocycles. The van der Waals surface area contributed by atoms with Gasteiger partial charge in [0.25, 0.3) is 0 Å². The molecule has 6 nitrogen and oxygen atoms in total. The van der Waals surface area contributed by atoms with E-state index in [1.807, 2.05) is 13.8 Å². The Morgan fingerprint density at radius 1 is 1.06 bits per heavy atom. The van der Waals surface area contributed by atoms with E-state index < -0.39 is 15.9 Å². The molecule has 1 aromatic carbocycles. The van der Waals surface area contributed by atoms with Crippen molar-refractivity contribution in [3.05, 3.63) is 24.3 Å². The van der Waals surface area contributed by atoms with Gasteiger partial charge in [-0.2, -0.15) is 0 Å². The fourth-order valence-corrected chi connectivity index (χ4v) is 7.30. The number of hydrogen-bond donors (Lipinski definition) is 2. The summed E-state index contributed by atoms with van der Waals surface area (Å²) in [6.45, 7) is 5.43. The van der Waals surface area contributed by atoms with Crippen LogP contribution in [0, 0.1) is 29.1 Å². The molecule has 1 aromatic rings. The number of sulfone groups is 1. The first kappa shape index (κ1) is 22.3. The van der Waals surface area contributed by atoms with Crippen molar-refractivity contribution in [2.75, 3.05) is 11.1 Å². The fraction of sp³-hybridized carbons (Fsp3) is 0.667. The fourth-order valence-electron chi connectivity index (χ4n) is 6.37. The minimum absolute atomic E-state index is 0.000140. The summed E-state index contributed by atoms with van der Waals surface area (Å²) in [6, 6.07) is 5.65. The van der Waals surface area contributed by atoms with Crippen molar-refractivity contribution in [3.63, 3.8) is 0 Å². The number of benzene rings is 1. The summed E-state index contributed by atoms with van der Waals surface area (Å²) in [7, 11) is -3.36. The van der Waals surface area contributed by atoms with E-state index in [1.165, 1.54) is 31.4 Å². The average molecular weight is 447 g/mol. The van der Waals surface area contributed by atoms with Crippen molar-refractivity contribution in [2.24, 2.45) is 29.1 Å². The van der Waals surface area contributed by atoms with Gasteiger partial charge in [0.2, 0.25) is 11.8 Å². The normalized spacial score (nSPS) is 30.3. The predicted octanol–water partition coefficient (Wildman–Crippen LogP) is 3.78. The third-order valence-electron chi connectivity index (χ3n) is 7.60. The molecule has 7 heteroatoms. The van der Waals surface area contributed by atoms with Crippen LogP contribution in [0.2, 0.25) is 0 Å². The maximum absolute atomic E-state index is 13.4. The van der Waals surface area contributed by atoms with Crippen molar-refractivity contribution in [1.29, 1.82) is 0 Å². The smallest absolute Gasteiger partial charge is 0.247 e. The molecular formula is C24H34N2O4S. The standard InChI is InChI=1S/C24H34N2O4S/c1-4-31(29,30)20-7-5-6-19(11-20)25-22(27)21(15(2)3)26-23(28)24-12-16-8-17(13-24)10-18(9-16)14-24/h5-7,11,15-18,21H,4,8-10,12-14H2,1-3H3,(H,25,27)(H,26,28). The summed E-state index contributed by atoms with van der Waals surface area (Å²) in [5, 5.41) is 5.90. The van der Waals surface area contributed by atoms with Gasteiger partial charge in [0, 0.05) is 11.1 Å². The highest BCUT2D eigenvalue weighted by Gasteiger charge is 2.55. The number of nitrogens with one attached hydrogen (secondary N) is 2. The van der Waals surface area contributed by atoms with Gasteiger partial charge in [0.1, 0.15) is 6.04 Å². The Hall–Kier alpha value is -1.89. The summed E-state index contributed by atoms with van der Waals surface area (Å²) in [6.07, 6.45) is 6.64. The van der Waals surface area contributed by atoms with Crippen LogP contribution >= 0.6 is 0 Å². The van der Waals surface area contributed by atoms with Crippen LogP contribution in [0.4, 0.5) is 5.69 Å². The number of hydrogen-bond acceptors (Lipinski definition) is 4. The lowest BCUT2D eigenvalue weighted by molar-refractivity contribution is -0.148. The van der Waals surface area contributed by atoms with Crippen LogP contribution in [0.5, 0.6) is 0 Å². The summed E-state index contributed by atoms with van der Waals surface area (Å²) < 4.78 is 24.3. The summed E-state index contributed by atoms with van der Waals surface area (Å²) in [4.78, 5) is 26.7. The summed E-state index contributed by atoms with van der Waals surface area (Å²) >= 11 is 0. The maximum Gasteiger partial charge on any atom is 0.247 e. The van der Waals surface area contributed by atoms with Gasteiger partial charge in [0.05, 0.1) is 10.6 Å². The van der Waals surface area contributed by atoms with Gasteiger partial charge >= 0.3 is 0 Å². The van der Waals surface area contributed by atoms with Crippen molar-refractivity contribution >= 4 is 27.3 Å². The molecule has 2 N–H and O–H groups in total. The van der Waals surface area contributed by atoms with E-state index in [1.54, 1.807) is 19.1 Å². The molecule has 4 bridgehead atoms. The molecular weight excluding hydrogens is 412 g/mol. The zero-order chi connectivity index (χ0) is 22.4. The Kier molecular flexibility index (Phi) is 5.92. The first-order valence-corrected chi connectivity index (χ1v) is 13.2. The van der Waals surface area contributed by atoms with E-state index in [2.05, 4.69) is 10.6 Å². The Balaban J connectivity index is 1.48. The van der Waals surface area contributed by atoms with E-state index in [0.29, 0.717) is 23.4 Å². The minimum atomic E-state index is -3.36. The molecule has 0 radical (unpaired) electrons. The van der Waals surface area contributed by atoms with Gasteiger partial charge in [-0.3, -0.25) is 9.59 Å². The lowest BCUT2D eigenvalue weighted by Gasteiger charge is -2.55. The number of rotatable bonds is 7. The van der Waals surface area contributed by atoms with Crippen molar-refractivity contribution in [2.45, 2.75) is 70.2 Å². The van der Waals surface area contributed by atoms with Crippen molar-refractivity contribution in [1.82, 2.24) is 5.32 Å². The van der Waals surface area contributed by atoms with Gasteiger partial charge in [0.15, 0.2) is 9.84 Å². The second kappa shape index (κ2) is 8.23. The van der Waals surface area contributed by atoms with Crippen LogP contribution in [0.25, 0.3) is 0 Å². The zero-order valence-electron chi connectivity index (χ0n) is 18.7. The zero-order valence-corrected chi connectivity index (χ0v) is 19.5. The van der Waals surface area contributed by atoms with E-state index in [-0.39, 0.29) is 33.8 Å². The largest absolute Gasteiger partial charge is 0.344 e. The Labute approximate surface area is 185 Å². The molecule has 0 aliphatic heterocycles. The van der Waals surface area contributed by atoms with Crippen molar-refractivity contribution < 1.29 is 18.0 Å². The van der Waals surface area contributed by atoms with Crippen LogP contribution < -0.4 is 10.6 Å². The lowest BCUT2D eigenvalue weighted by Crippen LogP contribution is -2.57. The summed E-state index contributed by atoms with van der Waals surface area (Å²) in [5.74, 6) is 1.62. The molecule has 5 rings (SSSR count). The molecule has 2 amide bonds. The monoisotopic (exact) mass is 446 g/mol. The SMILES string of the molecule is CCS(=O)(=O)c1cccc(NC(=O)C(NC(=O)C23CC4CC(CC(C4)C2)C3)C(C)C)c1. The lowest BCUT2D eigenvalue weighted by atomic mass is 9.49. The first-order chi connectivity index (χ1) is 14.6. The predicted molar refractivity (Wildman–Crippen MR) is 120 cm³/mol. The van der Waals surface area contributed by atoms with Crippen molar-refractivity contribution in [3.8, 4) is 0 Å². The Bertz CT molecular complexity index is 934. The highest BCUT2D eigenvalue weighted by atomic mass is 32.2. The Morgan fingerprint density at radius 2 is 1.65 bits per heavy atom. The molecule has 4 aliphatic rings. The van der Waals surface area contributed by atoms with E-state index in [9.17, 15) is 18.0 Å². The van der Waals surface area contributed by atoms with Crippen LogP contribution in [0.15, 0.2) is 29.2 Å². The third-order valence-corrected chi connectivity index (χ3v) is 9.33. The topological polar surface area (TPSA) is 92.3 Å². The summed E-state index contributed by atoms with van der Waals surface area (Å²) in [5.41, 5.74) is 0.117. The molecule has 0 saturated heterocycles. The molecule has 0 spiro atoms. The minimum Gasteiger partial charge on any atom is -0.344 e. The molecule has 4 fully saturated rings. The highest BCUT2D eigenvalue weighted by molar-refractivity contribution is 7.91. The quantitative estimate of drug-likeness (QED) is 0.667. The molecule has 1 atom stereocenters. The van der Waals surface area contributed by atoms with Crippen LogP contribution in [0.3, 0.4) is 0 Å². The Morgan fingerprint density at radius 3 is 2.16 bits per heavy atom. The van der Waals surface area contributed by atoms with Gasteiger partial charge in [-0.05, 0) is 80.4 Å². The van der Waals surface area contributed by atoms with Crippen LogP contribution in [-0.4, -0.2) is 32.0 Å². The van der Waals surface area contributed by atoms with Gasteiger partial charge in [-0.1, -0.05) is 26.8 Å². The third kappa shape index (κ3) is 4.38. The second-order valence-electron chi connectivity index (χ2n) is 10.3. The number of anilines is 1. The van der Waals surface area contributed by atoms with Crippen LogP contribution in [-0.2, 0) is 19.4 Å². The van der Waals surface area contributed by atoms with Gasteiger partial charge in [-0.15, -0.1) is 0 Å². The number of carbonyl (C=O) groups excluding carboxylic acids is 2. The average Bonchev–Trinajstić information content (AvgIpc) is 2.70. The van der Waals surface area contributed by atoms with E-state index in [4.69, 9.17) is 0 Å². The number of carbonyl (C=O) groups is 2. The highest BCUT2D eigenvalue weighted by Crippen LogP contribution is 2.60. The number of amides is 2. The molecule has 170 valence electrons. The molecule has 0 heterocycles. The van der Waals surface area contributed by atoms with Gasteiger partial charge in [-0.25, -0.2) is 8.42 Å². The molecule has 0 aromatic heterocycles.